The smallest absolute Gasteiger partial charge is 0.289 e. The molecule has 21 heavy (non-hydrogen) atoms. The van der Waals surface area contributed by atoms with Crippen LogP contribution in [0, 0.1) is 0 Å². The summed E-state index contributed by atoms with van der Waals surface area (Å²) in [5, 5.41) is 5.09. The number of hydrogen-bond donors (Lipinski definition) is 1. The molecule has 1 fully saturated rings. The van der Waals surface area contributed by atoms with Gasteiger partial charge in [-0.1, -0.05) is 19.8 Å². The highest BCUT2D eigenvalue weighted by atomic mass is 79.9. The van der Waals surface area contributed by atoms with Crippen LogP contribution >= 0.6 is 15.9 Å². The maximum atomic E-state index is 12.6. The van der Waals surface area contributed by atoms with E-state index in [9.17, 15) is 13.2 Å². The third-order valence-electron chi connectivity index (χ3n) is 3.78. The first kappa shape index (κ1) is 16.5. The molecule has 0 aliphatic carbocycles. The lowest BCUT2D eigenvalue weighted by atomic mass is 10.1. The van der Waals surface area contributed by atoms with Crippen LogP contribution in [0.4, 0.5) is 0 Å². The number of carbonyl (C=O) groups is 1. The summed E-state index contributed by atoms with van der Waals surface area (Å²) < 4.78 is 28.0. The van der Waals surface area contributed by atoms with E-state index in [1.165, 1.54) is 6.07 Å². The molecule has 0 spiro atoms. The Kier molecular flexibility index (Phi) is 5.11. The van der Waals surface area contributed by atoms with Gasteiger partial charge in [0.2, 0.25) is 10.0 Å². The minimum atomic E-state index is -3.91. The van der Waals surface area contributed by atoms with Gasteiger partial charge in [-0.05, 0) is 35.2 Å². The SMILES string of the molecule is CCC1CCCCCN1C(=O)c1cc(S(N)(=O)=O)c(Br)o1. The van der Waals surface area contributed by atoms with E-state index in [0.717, 1.165) is 32.1 Å². The van der Waals surface area contributed by atoms with Gasteiger partial charge in [-0.2, -0.15) is 0 Å². The highest BCUT2D eigenvalue weighted by Crippen LogP contribution is 2.28. The summed E-state index contributed by atoms with van der Waals surface area (Å²) in [6.07, 6.45) is 4.99. The second-order valence-corrected chi connectivity index (χ2v) is 7.45. The highest BCUT2D eigenvalue weighted by molar-refractivity contribution is 9.10. The Morgan fingerprint density at radius 3 is 2.76 bits per heavy atom. The first-order valence-corrected chi connectivity index (χ1v) is 9.31. The fraction of sp³-hybridized carbons (Fsp3) is 0.615. The molecule has 2 rings (SSSR count). The van der Waals surface area contributed by atoms with E-state index in [4.69, 9.17) is 9.56 Å². The maximum Gasteiger partial charge on any atom is 0.289 e. The molecule has 8 heteroatoms. The number of furan rings is 1. The van der Waals surface area contributed by atoms with E-state index < -0.39 is 10.0 Å². The van der Waals surface area contributed by atoms with Crippen LogP contribution in [0.2, 0.25) is 0 Å². The summed E-state index contributed by atoms with van der Waals surface area (Å²) in [6, 6.07) is 1.36. The molecule has 118 valence electrons. The Hall–Kier alpha value is -0.860. The van der Waals surface area contributed by atoms with Crippen molar-refractivity contribution in [2.24, 2.45) is 5.14 Å². The van der Waals surface area contributed by atoms with E-state index in [1.807, 2.05) is 6.92 Å². The van der Waals surface area contributed by atoms with Crippen molar-refractivity contribution in [3.63, 3.8) is 0 Å². The molecule has 0 saturated carbocycles. The number of primary sulfonamides is 1. The van der Waals surface area contributed by atoms with Crippen molar-refractivity contribution < 1.29 is 17.6 Å². The van der Waals surface area contributed by atoms with E-state index in [-0.39, 0.29) is 27.3 Å². The molecule has 0 radical (unpaired) electrons. The van der Waals surface area contributed by atoms with Crippen LogP contribution in [0.25, 0.3) is 0 Å². The van der Waals surface area contributed by atoms with Crippen molar-refractivity contribution in [2.45, 2.75) is 50.0 Å². The molecule has 0 bridgehead atoms. The molecular formula is C13H19BrN2O4S. The van der Waals surface area contributed by atoms with Crippen LogP contribution in [0.1, 0.15) is 49.6 Å². The van der Waals surface area contributed by atoms with E-state index in [2.05, 4.69) is 15.9 Å². The number of hydrogen-bond acceptors (Lipinski definition) is 4. The Balaban J connectivity index is 2.30. The van der Waals surface area contributed by atoms with Gasteiger partial charge in [-0.25, -0.2) is 13.6 Å². The predicted molar refractivity (Wildman–Crippen MR) is 81.4 cm³/mol. The molecule has 1 atom stereocenters. The molecule has 1 amide bonds. The highest BCUT2D eigenvalue weighted by Gasteiger charge is 2.29. The van der Waals surface area contributed by atoms with E-state index in [0.29, 0.717) is 6.54 Å². The number of likely N-dealkylation sites (tertiary alicyclic amines) is 1. The number of rotatable bonds is 3. The summed E-state index contributed by atoms with van der Waals surface area (Å²) >= 11 is 3.00. The number of carbonyl (C=O) groups excluding carboxylic acids is 1. The van der Waals surface area contributed by atoms with E-state index >= 15 is 0 Å². The minimum Gasteiger partial charge on any atom is -0.443 e. The Morgan fingerprint density at radius 1 is 1.48 bits per heavy atom. The number of sulfonamides is 1. The third kappa shape index (κ3) is 3.67. The number of halogens is 1. The van der Waals surface area contributed by atoms with Gasteiger partial charge in [0, 0.05) is 18.7 Å². The molecular weight excluding hydrogens is 360 g/mol. The molecule has 0 aromatic carbocycles. The first-order chi connectivity index (χ1) is 9.84. The van der Waals surface area contributed by atoms with Crippen LogP contribution in [0.3, 0.4) is 0 Å². The lowest BCUT2D eigenvalue weighted by Crippen LogP contribution is -2.39. The van der Waals surface area contributed by atoms with Gasteiger partial charge in [-0.15, -0.1) is 0 Å². The first-order valence-electron chi connectivity index (χ1n) is 6.97. The second kappa shape index (κ2) is 6.50. The molecule has 1 saturated heterocycles. The van der Waals surface area contributed by atoms with Gasteiger partial charge >= 0.3 is 0 Å². The summed E-state index contributed by atoms with van der Waals surface area (Å²) in [4.78, 5) is 14.2. The summed E-state index contributed by atoms with van der Waals surface area (Å²) in [7, 11) is -3.91. The normalized spacial score (nSPS) is 20.3. The second-order valence-electron chi connectivity index (χ2n) is 5.20. The van der Waals surface area contributed by atoms with Crippen molar-refractivity contribution in [3.8, 4) is 0 Å². The topological polar surface area (TPSA) is 93.6 Å². The van der Waals surface area contributed by atoms with Gasteiger partial charge in [0.1, 0.15) is 4.90 Å². The minimum absolute atomic E-state index is 0.00579. The zero-order valence-corrected chi connectivity index (χ0v) is 14.2. The Bertz CT molecular complexity index is 626. The van der Waals surface area contributed by atoms with Crippen molar-refractivity contribution in [3.05, 3.63) is 16.5 Å². The molecule has 2 N–H and O–H groups in total. The zero-order valence-electron chi connectivity index (χ0n) is 11.8. The Labute approximate surface area is 132 Å². The summed E-state index contributed by atoms with van der Waals surface area (Å²) in [5.74, 6) is -0.273. The molecule has 1 aliphatic heterocycles. The van der Waals surface area contributed by atoms with Gasteiger partial charge in [-0.3, -0.25) is 4.79 Å². The van der Waals surface area contributed by atoms with Crippen molar-refractivity contribution in [1.29, 1.82) is 0 Å². The van der Waals surface area contributed by atoms with Crippen molar-refractivity contribution >= 4 is 31.9 Å². The summed E-state index contributed by atoms with van der Waals surface area (Å²) in [6.45, 7) is 2.71. The largest absolute Gasteiger partial charge is 0.443 e. The average molecular weight is 379 g/mol. The fourth-order valence-electron chi connectivity index (χ4n) is 2.66. The lowest BCUT2D eigenvalue weighted by Gasteiger charge is -2.28. The van der Waals surface area contributed by atoms with Gasteiger partial charge in [0.15, 0.2) is 10.4 Å². The van der Waals surface area contributed by atoms with Crippen LogP contribution in [0.5, 0.6) is 0 Å². The summed E-state index contributed by atoms with van der Waals surface area (Å²) in [5.41, 5.74) is 0. The maximum absolute atomic E-state index is 12.6. The number of nitrogens with zero attached hydrogens (tertiary/aromatic N) is 1. The third-order valence-corrected chi connectivity index (χ3v) is 5.55. The van der Waals surface area contributed by atoms with Crippen LogP contribution in [-0.4, -0.2) is 31.8 Å². The molecule has 1 aromatic heterocycles. The molecule has 6 nitrogen and oxygen atoms in total. The molecule has 1 aliphatic rings. The van der Waals surface area contributed by atoms with Crippen LogP contribution < -0.4 is 5.14 Å². The lowest BCUT2D eigenvalue weighted by molar-refractivity contribution is 0.0644. The van der Waals surface area contributed by atoms with Gasteiger partial charge in [0.25, 0.3) is 5.91 Å². The van der Waals surface area contributed by atoms with Crippen molar-refractivity contribution in [1.82, 2.24) is 4.90 Å². The van der Waals surface area contributed by atoms with Gasteiger partial charge in [0.05, 0.1) is 0 Å². The average Bonchev–Trinajstić information content (AvgIpc) is 2.67. The predicted octanol–water partition coefficient (Wildman–Crippen LogP) is 2.48. The number of nitrogens with two attached hydrogens (primary N) is 1. The fourth-order valence-corrected chi connectivity index (χ4v) is 4.16. The quantitative estimate of drug-likeness (QED) is 0.873. The standard InChI is InChI=1S/C13H19BrN2O4S/c1-2-9-6-4-3-5-7-16(9)13(17)10-8-11(12(14)20-10)21(15,18)19/h8-9H,2-7H2,1H3,(H2,15,18,19). The van der Waals surface area contributed by atoms with Gasteiger partial charge < -0.3 is 9.32 Å². The van der Waals surface area contributed by atoms with Crippen LogP contribution in [-0.2, 0) is 10.0 Å². The van der Waals surface area contributed by atoms with Crippen molar-refractivity contribution in [2.75, 3.05) is 6.54 Å². The monoisotopic (exact) mass is 378 g/mol. The molecule has 2 heterocycles. The Morgan fingerprint density at radius 2 is 2.19 bits per heavy atom. The molecule has 1 aromatic rings. The zero-order chi connectivity index (χ0) is 15.6. The molecule has 1 unspecified atom stereocenters. The number of amides is 1. The van der Waals surface area contributed by atoms with Crippen LogP contribution in [0.15, 0.2) is 20.0 Å². The van der Waals surface area contributed by atoms with E-state index in [1.54, 1.807) is 4.90 Å².